The summed E-state index contributed by atoms with van der Waals surface area (Å²) in [5, 5.41) is 13.9. The maximum Gasteiger partial charge on any atom is 0.157 e. The highest BCUT2D eigenvalue weighted by molar-refractivity contribution is 6.30. The predicted octanol–water partition coefficient (Wildman–Crippen LogP) is 2.50. The molecule has 0 amide bonds. The van der Waals surface area contributed by atoms with E-state index in [0.717, 1.165) is 11.3 Å². The highest BCUT2D eigenvalue weighted by Crippen LogP contribution is 2.22. The molecule has 0 atom stereocenters. The second-order valence-electron chi connectivity index (χ2n) is 3.98. The zero-order valence-electron chi connectivity index (χ0n) is 9.71. The summed E-state index contributed by atoms with van der Waals surface area (Å²) in [5.41, 5.74) is 8.40. The van der Waals surface area contributed by atoms with Crippen LogP contribution in [0.3, 0.4) is 0 Å². The van der Waals surface area contributed by atoms with Gasteiger partial charge >= 0.3 is 0 Å². The zero-order chi connectivity index (χ0) is 13.4. The van der Waals surface area contributed by atoms with Crippen LogP contribution < -0.4 is 5.73 Å². The van der Waals surface area contributed by atoms with Gasteiger partial charge in [-0.3, -0.25) is 0 Å². The Kier molecular flexibility index (Phi) is 2.58. The summed E-state index contributed by atoms with van der Waals surface area (Å²) in [6, 6.07) is 11.1. The highest BCUT2D eigenvalue weighted by Gasteiger charge is 2.10. The lowest BCUT2D eigenvalue weighted by Crippen LogP contribution is -2.02. The molecular formula is C13H8ClN5. The summed E-state index contributed by atoms with van der Waals surface area (Å²) >= 11 is 5.85. The van der Waals surface area contributed by atoms with E-state index in [4.69, 9.17) is 22.6 Å². The molecule has 0 aliphatic carbocycles. The van der Waals surface area contributed by atoms with Crippen LogP contribution in [0.15, 0.2) is 36.5 Å². The molecule has 2 aromatic heterocycles. The summed E-state index contributed by atoms with van der Waals surface area (Å²) in [6.45, 7) is 0. The van der Waals surface area contributed by atoms with E-state index < -0.39 is 0 Å². The Morgan fingerprint density at radius 3 is 2.68 bits per heavy atom. The first-order valence-corrected chi connectivity index (χ1v) is 5.87. The van der Waals surface area contributed by atoms with E-state index in [2.05, 4.69) is 10.1 Å². The molecule has 0 saturated carbocycles. The summed E-state index contributed by atoms with van der Waals surface area (Å²) in [6.07, 6.45) is 1.44. The number of nitrogens with two attached hydrogens (primary N) is 1. The van der Waals surface area contributed by atoms with Crippen molar-refractivity contribution >= 4 is 23.1 Å². The Balaban J connectivity index is 2.20. The minimum atomic E-state index is 0.285. The van der Waals surface area contributed by atoms with Gasteiger partial charge in [0.1, 0.15) is 17.5 Å². The van der Waals surface area contributed by atoms with Crippen molar-refractivity contribution in [2.24, 2.45) is 0 Å². The molecule has 0 spiro atoms. The first-order valence-electron chi connectivity index (χ1n) is 5.49. The number of nitriles is 1. The van der Waals surface area contributed by atoms with E-state index in [0.29, 0.717) is 16.2 Å². The Bertz CT molecular complexity index is 798. The van der Waals surface area contributed by atoms with Crippen molar-refractivity contribution in [1.29, 1.82) is 5.26 Å². The molecule has 0 saturated heterocycles. The fraction of sp³-hybridized carbons (Fsp3) is 0. The van der Waals surface area contributed by atoms with Crippen LogP contribution >= 0.6 is 11.6 Å². The number of anilines is 1. The number of nitrogen functional groups attached to an aromatic ring is 1. The van der Waals surface area contributed by atoms with Gasteiger partial charge in [-0.25, -0.2) is 4.98 Å². The van der Waals surface area contributed by atoms with E-state index >= 15 is 0 Å². The van der Waals surface area contributed by atoms with Crippen molar-refractivity contribution in [2.75, 3.05) is 5.73 Å². The Labute approximate surface area is 113 Å². The van der Waals surface area contributed by atoms with E-state index in [1.165, 1.54) is 10.7 Å². The van der Waals surface area contributed by atoms with Crippen LogP contribution in [0.2, 0.25) is 5.02 Å². The molecule has 0 radical (unpaired) electrons. The molecule has 19 heavy (non-hydrogen) atoms. The molecule has 3 aromatic rings. The van der Waals surface area contributed by atoms with Gasteiger partial charge in [0.15, 0.2) is 5.65 Å². The molecule has 5 nitrogen and oxygen atoms in total. The normalized spacial score (nSPS) is 10.5. The van der Waals surface area contributed by atoms with Gasteiger partial charge in [-0.2, -0.15) is 14.9 Å². The van der Waals surface area contributed by atoms with Crippen LogP contribution in [0.25, 0.3) is 16.9 Å². The van der Waals surface area contributed by atoms with Gasteiger partial charge < -0.3 is 5.73 Å². The van der Waals surface area contributed by atoms with Crippen LogP contribution in [0.1, 0.15) is 5.56 Å². The minimum absolute atomic E-state index is 0.285. The molecule has 0 aliphatic heterocycles. The molecule has 2 heterocycles. The number of benzene rings is 1. The molecular weight excluding hydrogens is 262 g/mol. The third-order valence-corrected chi connectivity index (χ3v) is 3.03. The van der Waals surface area contributed by atoms with Gasteiger partial charge in [0.25, 0.3) is 0 Å². The van der Waals surface area contributed by atoms with E-state index in [9.17, 15) is 0 Å². The van der Waals surface area contributed by atoms with Crippen molar-refractivity contribution in [3.8, 4) is 17.3 Å². The quantitative estimate of drug-likeness (QED) is 0.736. The standard InChI is InChI=1S/C13H8ClN5/c14-10-3-1-8(2-4-10)11-5-12-17-7-9(6-15)13(16)19(12)18-11/h1-5,7H,16H2. The first-order chi connectivity index (χ1) is 9.19. The van der Waals surface area contributed by atoms with Crippen molar-refractivity contribution in [1.82, 2.24) is 14.6 Å². The van der Waals surface area contributed by atoms with Crippen molar-refractivity contribution in [3.63, 3.8) is 0 Å². The summed E-state index contributed by atoms with van der Waals surface area (Å²) in [4.78, 5) is 4.15. The van der Waals surface area contributed by atoms with Gasteiger partial charge in [0.2, 0.25) is 0 Å². The summed E-state index contributed by atoms with van der Waals surface area (Å²) < 4.78 is 1.46. The average molecular weight is 270 g/mol. The second kappa shape index (κ2) is 4.26. The van der Waals surface area contributed by atoms with Crippen molar-refractivity contribution in [2.45, 2.75) is 0 Å². The summed E-state index contributed by atoms with van der Waals surface area (Å²) in [7, 11) is 0. The topological polar surface area (TPSA) is 80.0 Å². The van der Waals surface area contributed by atoms with E-state index in [1.54, 1.807) is 18.2 Å². The van der Waals surface area contributed by atoms with Crippen molar-refractivity contribution < 1.29 is 0 Å². The number of halogens is 1. The monoisotopic (exact) mass is 269 g/mol. The number of hydrogen-bond donors (Lipinski definition) is 1. The van der Waals surface area contributed by atoms with Crippen LogP contribution in [-0.2, 0) is 0 Å². The Morgan fingerprint density at radius 1 is 1.26 bits per heavy atom. The largest absolute Gasteiger partial charge is 0.382 e. The molecule has 3 rings (SSSR count). The number of aromatic nitrogens is 3. The molecule has 0 unspecified atom stereocenters. The lowest BCUT2D eigenvalue weighted by molar-refractivity contribution is 0.952. The zero-order valence-corrected chi connectivity index (χ0v) is 10.5. The van der Waals surface area contributed by atoms with Gasteiger partial charge in [-0.1, -0.05) is 23.7 Å². The van der Waals surface area contributed by atoms with Crippen LogP contribution in [-0.4, -0.2) is 14.6 Å². The van der Waals surface area contributed by atoms with Crippen LogP contribution in [0.4, 0.5) is 5.82 Å². The Morgan fingerprint density at radius 2 is 2.00 bits per heavy atom. The molecule has 0 aliphatic rings. The molecule has 0 fully saturated rings. The molecule has 2 N–H and O–H groups in total. The fourth-order valence-corrected chi connectivity index (χ4v) is 1.93. The van der Waals surface area contributed by atoms with Gasteiger partial charge in [0.05, 0.1) is 11.9 Å². The molecule has 1 aromatic carbocycles. The SMILES string of the molecule is N#Cc1cnc2cc(-c3ccc(Cl)cc3)nn2c1N. The minimum Gasteiger partial charge on any atom is -0.382 e. The van der Waals surface area contributed by atoms with Crippen LogP contribution in [0.5, 0.6) is 0 Å². The lowest BCUT2D eigenvalue weighted by Gasteiger charge is -1.99. The summed E-state index contributed by atoms with van der Waals surface area (Å²) in [5.74, 6) is 0.285. The van der Waals surface area contributed by atoms with Gasteiger partial charge in [-0.05, 0) is 12.1 Å². The third-order valence-electron chi connectivity index (χ3n) is 2.78. The number of nitrogens with zero attached hydrogens (tertiary/aromatic N) is 4. The third kappa shape index (κ3) is 1.88. The molecule has 92 valence electrons. The first kappa shape index (κ1) is 11.5. The molecule has 6 heteroatoms. The van der Waals surface area contributed by atoms with Crippen LogP contribution in [0, 0.1) is 11.3 Å². The molecule has 0 bridgehead atoms. The smallest absolute Gasteiger partial charge is 0.157 e. The van der Waals surface area contributed by atoms with E-state index in [-0.39, 0.29) is 5.82 Å². The van der Waals surface area contributed by atoms with Crippen molar-refractivity contribution in [3.05, 3.63) is 47.1 Å². The number of fused-ring (bicyclic) bond motifs is 1. The predicted molar refractivity (Wildman–Crippen MR) is 72.6 cm³/mol. The maximum absolute atomic E-state index is 8.91. The fourth-order valence-electron chi connectivity index (χ4n) is 1.80. The highest BCUT2D eigenvalue weighted by atomic mass is 35.5. The Hall–Kier alpha value is -2.58. The maximum atomic E-state index is 8.91. The van der Waals surface area contributed by atoms with Gasteiger partial charge in [-0.15, -0.1) is 0 Å². The number of rotatable bonds is 1. The lowest BCUT2D eigenvalue weighted by atomic mass is 10.2. The van der Waals surface area contributed by atoms with E-state index in [1.807, 2.05) is 18.2 Å². The number of hydrogen-bond acceptors (Lipinski definition) is 4. The van der Waals surface area contributed by atoms with Gasteiger partial charge in [0, 0.05) is 16.7 Å². The second-order valence-corrected chi connectivity index (χ2v) is 4.41. The average Bonchev–Trinajstić information content (AvgIpc) is 2.85.